The average Bonchev–Trinajstić information content (AvgIpc) is 3.14. The van der Waals surface area contributed by atoms with Crippen LogP contribution in [-0.2, 0) is 36.6 Å². The number of esters is 1. The van der Waals surface area contributed by atoms with Gasteiger partial charge in [0.05, 0.1) is 6.61 Å². The fraction of sp³-hybridized carbons (Fsp3) is 0.381. The van der Waals surface area contributed by atoms with Crippen LogP contribution < -0.4 is 9.47 Å². The lowest BCUT2D eigenvalue weighted by molar-refractivity contribution is -0.156. The summed E-state index contributed by atoms with van der Waals surface area (Å²) in [6.45, 7) is 10.8. The van der Waals surface area contributed by atoms with E-state index >= 15 is 0 Å². The van der Waals surface area contributed by atoms with Gasteiger partial charge >= 0.3 is 11.9 Å². The first-order valence-electron chi connectivity index (χ1n) is 17.6. The first-order chi connectivity index (χ1) is 25.0. The van der Waals surface area contributed by atoms with Crippen molar-refractivity contribution in [3.8, 4) is 11.5 Å². The smallest absolute Gasteiger partial charge is 0.335 e. The number of carbonyl (C=O) groups is 2. The molecule has 4 atom stereocenters. The Morgan fingerprint density at radius 2 is 1.02 bits per heavy atom. The van der Waals surface area contributed by atoms with E-state index in [-0.39, 0.29) is 19.2 Å². The molecule has 0 spiro atoms. The molecule has 10 nitrogen and oxygen atoms in total. The summed E-state index contributed by atoms with van der Waals surface area (Å²) in [5.74, 6) is -0.0299. The van der Waals surface area contributed by atoms with E-state index < -0.39 is 30.4 Å². The molecule has 0 fully saturated rings. The molecular weight excluding hydrogens is 664 g/mol. The minimum absolute atomic E-state index is 0.152. The quantitative estimate of drug-likeness (QED) is 0.0892. The molecule has 0 radical (unpaired) electrons. The molecule has 52 heavy (non-hydrogen) atoms. The van der Waals surface area contributed by atoms with E-state index in [1.165, 1.54) is 0 Å². The van der Waals surface area contributed by atoms with Gasteiger partial charge in [-0.3, -0.25) is 0 Å². The Morgan fingerprint density at radius 1 is 0.596 bits per heavy atom. The van der Waals surface area contributed by atoms with Gasteiger partial charge in [0.2, 0.25) is 0 Å². The summed E-state index contributed by atoms with van der Waals surface area (Å²) in [6.07, 6.45) is -2.09. The fourth-order valence-corrected chi connectivity index (χ4v) is 5.23. The molecule has 4 rings (SSSR count). The molecular formula is C42H52O10. The number of ether oxygens (including phenoxy) is 5. The standard InChI is InChI=1S/C22H28O5.C20H24O5/c1-4-25-21(22(24)26-5-2)14-17-9-11-19(12-10-17)27-15-20(23)18-8-6-7-16(3)13-18;1-3-24-19(20(22)23)12-15-7-9-17(10-8-15)25-13-18(21)16-6-4-5-14(2)11-16/h6-13,20-21,23H,4-5,14-15H2,1-3H3;4-11,18-19,21H,3,12-13H2,1-2H3,(H,22,23)/t20-,21+;18-,19+/m11/s1. The number of hydrogen-bond donors (Lipinski definition) is 3. The summed E-state index contributed by atoms with van der Waals surface area (Å²) in [7, 11) is 0. The highest BCUT2D eigenvalue weighted by molar-refractivity contribution is 5.75. The third kappa shape index (κ3) is 14.5. The van der Waals surface area contributed by atoms with Crippen LogP contribution in [0.1, 0.15) is 66.4 Å². The van der Waals surface area contributed by atoms with E-state index in [2.05, 4.69) is 0 Å². The SMILES string of the molecule is CCOC(=O)[C@H](Cc1ccc(OC[C@@H](O)c2cccc(C)c2)cc1)OCC.CCO[C@@H](Cc1ccc(OC[C@@H](O)c2cccc(C)c2)cc1)C(=O)O. The Balaban J connectivity index is 0.000000281. The topological polar surface area (TPSA) is 141 Å². The van der Waals surface area contributed by atoms with Crippen molar-refractivity contribution in [3.05, 3.63) is 130 Å². The van der Waals surface area contributed by atoms with Crippen LogP contribution in [0, 0.1) is 13.8 Å². The van der Waals surface area contributed by atoms with Gasteiger partial charge in [-0.15, -0.1) is 0 Å². The lowest BCUT2D eigenvalue weighted by Gasteiger charge is -2.16. The van der Waals surface area contributed by atoms with Crippen LogP contribution in [0.4, 0.5) is 0 Å². The van der Waals surface area contributed by atoms with Crippen molar-refractivity contribution in [1.82, 2.24) is 0 Å². The molecule has 0 aliphatic carbocycles. The summed E-state index contributed by atoms with van der Waals surface area (Å²) >= 11 is 0. The zero-order chi connectivity index (χ0) is 37.9. The number of carboxylic acid groups (broad SMARTS) is 1. The Kier molecular flexibility index (Phi) is 17.8. The summed E-state index contributed by atoms with van der Waals surface area (Å²) < 4.78 is 27.1. The second-order valence-corrected chi connectivity index (χ2v) is 12.2. The van der Waals surface area contributed by atoms with Crippen LogP contribution >= 0.6 is 0 Å². The Labute approximate surface area is 306 Å². The van der Waals surface area contributed by atoms with Crippen molar-refractivity contribution in [2.75, 3.05) is 33.0 Å². The van der Waals surface area contributed by atoms with Crippen molar-refractivity contribution in [2.45, 2.75) is 71.9 Å². The van der Waals surface area contributed by atoms with Crippen LogP contribution in [0.25, 0.3) is 0 Å². The van der Waals surface area contributed by atoms with Gasteiger partial charge in [0.25, 0.3) is 0 Å². The van der Waals surface area contributed by atoms with E-state index in [9.17, 15) is 19.8 Å². The van der Waals surface area contributed by atoms with Crippen molar-refractivity contribution < 1.29 is 48.6 Å². The monoisotopic (exact) mass is 716 g/mol. The number of hydrogen-bond acceptors (Lipinski definition) is 9. The van der Waals surface area contributed by atoms with Gasteiger partial charge in [-0.05, 0) is 81.1 Å². The lowest BCUT2D eigenvalue weighted by Crippen LogP contribution is -2.28. The zero-order valence-corrected chi connectivity index (χ0v) is 30.7. The molecule has 280 valence electrons. The van der Waals surface area contributed by atoms with Gasteiger partial charge in [0.1, 0.15) is 36.9 Å². The number of carboxylic acids is 1. The van der Waals surface area contributed by atoms with Gasteiger partial charge in [-0.1, -0.05) is 83.9 Å². The maximum Gasteiger partial charge on any atom is 0.335 e. The third-order valence-electron chi connectivity index (χ3n) is 7.92. The van der Waals surface area contributed by atoms with Gasteiger partial charge in [0.15, 0.2) is 12.2 Å². The summed E-state index contributed by atoms with van der Waals surface area (Å²) in [5, 5.41) is 29.6. The molecule has 10 heteroatoms. The number of benzene rings is 4. The summed E-state index contributed by atoms with van der Waals surface area (Å²) in [5.41, 5.74) is 5.64. The van der Waals surface area contributed by atoms with Gasteiger partial charge in [-0.2, -0.15) is 0 Å². The molecule has 0 amide bonds. The Hall–Kier alpha value is -4.74. The Bertz CT molecular complexity index is 1640. The number of aliphatic hydroxyl groups is 2. The average molecular weight is 717 g/mol. The molecule has 3 N–H and O–H groups in total. The highest BCUT2D eigenvalue weighted by Gasteiger charge is 2.21. The minimum atomic E-state index is -0.969. The van der Waals surface area contributed by atoms with Crippen LogP contribution in [0.3, 0.4) is 0 Å². The molecule has 0 saturated heterocycles. The van der Waals surface area contributed by atoms with Crippen LogP contribution in [-0.4, -0.2) is 72.5 Å². The molecule has 0 bridgehead atoms. The van der Waals surface area contributed by atoms with E-state index in [1.807, 2.05) is 106 Å². The maximum absolute atomic E-state index is 11.9. The van der Waals surface area contributed by atoms with E-state index in [0.29, 0.717) is 44.2 Å². The second kappa shape index (κ2) is 22.3. The van der Waals surface area contributed by atoms with Crippen LogP contribution in [0.5, 0.6) is 11.5 Å². The molecule has 0 aliphatic rings. The van der Waals surface area contributed by atoms with E-state index in [4.69, 9.17) is 28.8 Å². The van der Waals surface area contributed by atoms with Crippen molar-refractivity contribution >= 4 is 11.9 Å². The van der Waals surface area contributed by atoms with Crippen molar-refractivity contribution in [2.24, 2.45) is 0 Å². The summed E-state index contributed by atoms with van der Waals surface area (Å²) in [6, 6.07) is 30.0. The van der Waals surface area contributed by atoms with Gasteiger partial charge < -0.3 is 39.0 Å². The van der Waals surface area contributed by atoms with Gasteiger partial charge in [-0.25, -0.2) is 9.59 Å². The predicted molar refractivity (Wildman–Crippen MR) is 199 cm³/mol. The molecule has 4 aromatic rings. The van der Waals surface area contributed by atoms with Crippen LogP contribution in [0.2, 0.25) is 0 Å². The normalized spacial score (nSPS) is 13.1. The van der Waals surface area contributed by atoms with Crippen LogP contribution in [0.15, 0.2) is 97.1 Å². The molecule has 0 aliphatic heterocycles. The van der Waals surface area contributed by atoms with Gasteiger partial charge in [0, 0.05) is 26.1 Å². The third-order valence-corrected chi connectivity index (χ3v) is 7.92. The molecule has 4 aromatic carbocycles. The second-order valence-electron chi connectivity index (χ2n) is 12.2. The lowest BCUT2D eigenvalue weighted by atomic mass is 10.1. The highest BCUT2D eigenvalue weighted by Crippen LogP contribution is 2.21. The number of rotatable bonds is 19. The zero-order valence-electron chi connectivity index (χ0n) is 30.7. The Morgan fingerprint density at radius 3 is 1.40 bits per heavy atom. The van der Waals surface area contributed by atoms with E-state index in [0.717, 1.165) is 33.4 Å². The van der Waals surface area contributed by atoms with E-state index in [1.54, 1.807) is 26.0 Å². The van der Waals surface area contributed by atoms with Crippen molar-refractivity contribution in [3.63, 3.8) is 0 Å². The predicted octanol–water partition coefficient (Wildman–Crippen LogP) is 6.76. The van der Waals surface area contributed by atoms with Crippen molar-refractivity contribution in [1.29, 1.82) is 0 Å². The number of carbonyl (C=O) groups excluding carboxylic acids is 1. The maximum atomic E-state index is 11.9. The number of aliphatic hydroxyl groups excluding tert-OH is 2. The number of aliphatic carboxylic acids is 1. The summed E-state index contributed by atoms with van der Waals surface area (Å²) in [4.78, 5) is 23.1. The molecule has 0 heterocycles. The molecule has 0 saturated carbocycles. The fourth-order valence-electron chi connectivity index (χ4n) is 5.23. The largest absolute Gasteiger partial charge is 0.491 e. The first-order valence-corrected chi connectivity index (χ1v) is 17.6. The molecule has 0 aromatic heterocycles. The number of aryl methyl sites for hydroxylation is 2. The minimum Gasteiger partial charge on any atom is -0.491 e. The first kappa shape index (κ1) is 41.7. The molecule has 0 unspecified atom stereocenters. The highest BCUT2D eigenvalue weighted by atomic mass is 16.6.